The molecule has 0 aromatic carbocycles. The van der Waals surface area contributed by atoms with Crippen LogP contribution < -0.4 is 16.4 Å². The average molecular weight is 283 g/mol. The Hall–Kier alpha value is -1.50. The molecular formula is C12H17N3O3S. The predicted octanol–water partition coefficient (Wildman–Crippen LogP) is -0.246. The molecule has 2 aliphatic rings. The number of thiocarbonyl (C=S) groups is 1. The Bertz CT molecular complexity index is 444. The number of carbonyl (C=O) groups is 3. The number of amides is 3. The van der Waals surface area contributed by atoms with Crippen molar-refractivity contribution >= 4 is 34.9 Å². The zero-order valence-corrected chi connectivity index (χ0v) is 11.3. The Balaban J connectivity index is 2.06. The summed E-state index contributed by atoms with van der Waals surface area (Å²) in [7, 11) is 0. The van der Waals surface area contributed by atoms with E-state index in [4.69, 9.17) is 18.0 Å². The van der Waals surface area contributed by atoms with Crippen molar-refractivity contribution in [2.75, 3.05) is 0 Å². The van der Waals surface area contributed by atoms with E-state index >= 15 is 0 Å². The molecule has 1 unspecified atom stereocenters. The fourth-order valence-corrected chi connectivity index (χ4v) is 2.99. The fourth-order valence-electron chi connectivity index (χ4n) is 2.69. The van der Waals surface area contributed by atoms with Crippen molar-refractivity contribution in [3.05, 3.63) is 0 Å². The van der Waals surface area contributed by atoms with Crippen molar-refractivity contribution in [3.8, 4) is 0 Å². The molecular weight excluding hydrogens is 266 g/mol. The number of hydrogen-bond acceptors (Lipinski definition) is 4. The first-order valence-electron chi connectivity index (χ1n) is 6.40. The number of nitrogens with one attached hydrogen (secondary N) is 2. The van der Waals surface area contributed by atoms with Gasteiger partial charge in [-0.1, -0.05) is 25.1 Å². The van der Waals surface area contributed by atoms with Crippen molar-refractivity contribution in [1.82, 2.24) is 10.6 Å². The number of carbonyl (C=O) groups excluding carboxylic acids is 3. The molecule has 19 heavy (non-hydrogen) atoms. The summed E-state index contributed by atoms with van der Waals surface area (Å²) >= 11 is 5.02. The van der Waals surface area contributed by atoms with Gasteiger partial charge in [-0.3, -0.25) is 19.7 Å². The van der Waals surface area contributed by atoms with E-state index in [0.29, 0.717) is 19.3 Å². The second kappa shape index (κ2) is 5.24. The minimum atomic E-state index is -0.822. The third-order valence-electron chi connectivity index (χ3n) is 3.91. The molecule has 0 spiro atoms. The third kappa shape index (κ3) is 2.60. The summed E-state index contributed by atoms with van der Waals surface area (Å²) in [4.78, 5) is 35.2. The van der Waals surface area contributed by atoms with Gasteiger partial charge in [0.15, 0.2) is 0 Å². The van der Waals surface area contributed by atoms with Crippen LogP contribution in [-0.2, 0) is 14.4 Å². The number of hydrogen-bond donors (Lipinski definition) is 3. The maximum Gasteiger partial charge on any atom is 0.249 e. The molecule has 0 radical (unpaired) electrons. The Morgan fingerprint density at radius 1 is 1.37 bits per heavy atom. The van der Waals surface area contributed by atoms with Crippen LogP contribution in [-0.4, -0.2) is 28.8 Å². The Morgan fingerprint density at radius 2 is 2.00 bits per heavy atom. The van der Waals surface area contributed by atoms with E-state index < -0.39 is 17.4 Å². The van der Waals surface area contributed by atoms with Crippen LogP contribution in [0.1, 0.15) is 38.5 Å². The first-order chi connectivity index (χ1) is 8.95. The van der Waals surface area contributed by atoms with Gasteiger partial charge in [0.1, 0.15) is 6.04 Å². The molecule has 7 heteroatoms. The summed E-state index contributed by atoms with van der Waals surface area (Å²) in [6.07, 6.45) is 3.61. The Labute approximate surface area is 116 Å². The van der Waals surface area contributed by atoms with E-state index in [1.807, 2.05) is 0 Å². The van der Waals surface area contributed by atoms with E-state index in [-0.39, 0.29) is 23.2 Å². The lowest BCUT2D eigenvalue weighted by Gasteiger charge is -2.30. The molecule has 1 aliphatic heterocycles. The molecule has 4 N–H and O–H groups in total. The Kier molecular flexibility index (Phi) is 3.84. The van der Waals surface area contributed by atoms with Gasteiger partial charge in [-0.25, -0.2) is 0 Å². The molecule has 1 saturated heterocycles. The summed E-state index contributed by atoms with van der Waals surface area (Å²) in [6.45, 7) is 0. The molecule has 3 amide bonds. The van der Waals surface area contributed by atoms with Gasteiger partial charge in [0.05, 0.1) is 10.4 Å². The zero-order valence-electron chi connectivity index (χ0n) is 10.5. The monoisotopic (exact) mass is 283 g/mol. The topological polar surface area (TPSA) is 101 Å². The smallest absolute Gasteiger partial charge is 0.249 e. The largest absolute Gasteiger partial charge is 0.392 e. The predicted molar refractivity (Wildman–Crippen MR) is 72.0 cm³/mol. The van der Waals surface area contributed by atoms with Crippen LogP contribution in [0, 0.1) is 5.41 Å². The summed E-state index contributed by atoms with van der Waals surface area (Å²) in [6, 6.07) is -0.669. The highest BCUT2D eigenvalue weighted by atomic mass is 32.1. The van der Waals surface area contributed by atoms with Gasteiger partial charge >= 0.3 is 0 Å². The Morgan fingerprint density at radius 3 is 2.53 bits per heavy atom. The van der Waals surface area contributed by atoms with E-state index in [9.17, 15) is 14.4 Å². The lowest BCUT2D eigenvalue weighted by molar-refractivity contribution is -0.138. The van der Waals surface area contributed by atoms with Gasteiger partial charge in [0.25, 0.3) is 0 Å². The highest BCUT2D eigenvalue weighted by Gasteiger charge is 2.45. The molecule has 1 saturated carbocycles. The van der Waals surface area contributed by atoms with Gasteiger partial charge in [-0.05, 0) is 19.3 Å². The van der Waals surface area contributed by atoms with Crippen LogP contribution in [0.3, 0.4) is 0 Å². The minimum Gasteiger partial charge on any atom is -0.392 e. The van der Waals surface area contributed by atoms with Gasteiger partial charge in [0, 0.05) is 6.42 Å². The first kappa shape index (κ1) is 13.9. The van der Waals surface area contributed by atoms with Crippen LogP contribution in [0.5, 0.6) is 0 Å². The summed E-state index contributed by atoms with van der Waals surface area (Å²) in [5.74, 6) is -1.05. The molecule has 104 valence electrons. The van der Waals surface area contributed by atoms with Gasteiger partial charge in [0.2, 0.25) is 17.7 Å². The van der Waals surface area contributed by atoms with Gasteiger partial charge < -0.3 is 11.1 Å². The molecule has 2 rings (SSSR count). The van der Waals surface area contributed by atoms with Crippen molar-refractivity contribution in [1.29, 1.82) is 0 Å². The molecule has 0 aromatic heterocycles. The van der Waals surface area contributed by atoms with E-state index in [0.717, 1.165) is 12.8 Å². The highest BCUT2D eigenvalue weighted by molar-refractivity contribution is 7.80. The lowest BCUT2D eigenvalue weighted by Crippen LogP contribution is -2.57. The summed E-state index contributed by atoms with van der Waals surface area (Å²) in [5.41, 5.74) is 4.89. The van der Waals surface area contributed by atoms with E-state index in [2.05, 4.69) is 10.6 Å². The van der Waals surface area contributed by atoms with Crippen LogP contribution in [0.4, 0.5) is 0 Å². The van der Waals surface area contributed by atoms with Crippen molar-refractivity contribution in [2.24, 2.45) is 11.1 Å². The first-order valence-corrected chi connectivity index (χ1v) is 6.81. The molecule has 1 aliphatic carbocycles. The quantitative estimate of drug-likeness (QED) is 0.490. The van der Waals surface area contributed by atoms with Crippen molar-refractivity contribution in [3.63, 3.8) is 0 Å². The summed E-state index contributed by atoms with van der Waals surface area (Å²) < 4.78 is 0. The van der Waals surface area contributed by atoms with Gasteiger partial charge in [-0.2, -0.15) is 0 Å². The molecule has 1 heterocycles. The van der Waals surface area contributed by atoms with Crippen molar-refractivity contribution in [2.45, 2.75) is 44.6 Å². The number of rotatable bonds is 3. The van der Waals surface area contributed by atoms with E-state index in [1.165, 1.54) is 0 Å². The number of nitrogens with two attached hydrogens (primary N) is 1. The highest BCUT2D eigenvalue weighted by Crippen LogP contribution is 2.38. The molecule has 0 bridgehead atoms. The second-order valence-electron chi connectivity index (χ2n) is 5.13. The molecule has 2 fully saturated rings. The van der Waals surface area contributed by atoms with Crippen LogP contribution in [0.2, 0.25) is 0 Å². The minimum absolute atomic E-state index is 0.190. The average Bonchev–Trinajstić information content (AvgIpc) is 2.83. The number of piperidine rings is 1. The molecule has 0 aromatic rings. The fraction of sp³-hybridized carbons (Fsp3) is 0.667. The van der Waals surface area contributed by atoms with E-state index in [1.54, 1.807) is 0 Å². The SMILES string of the molecule is NC(=S)C1(C(=O)NC2CCC(=O)NC2=O)CCCC1. The maximum absolute atomic E-state index is 12.4. The molecule has 6 nitrogen and oxygen atoms in total. The van der Waals surface area contributed by atoms with Gasteiger partial charge in [-0.15, -0.1) is 0 Å². The third-order valence-corrected chi connectivity index (χ3v) is 4.30. The maximum atomic E-state index is 12.4. The lowest BCUT2D eigenvalue weighted by atomic mass is 9.84. The number of imide groups is 1. The normalized spacial score (nSPS) is 25.8. The second-order valence-corrected chi connectivity index (χ2v) is 5.57. The molecule has 1 atom stereocenters. The van der Waals surface area contributed by atoms with Crippen LogP contribution >= 0.6 is 12.2 Å². The zero-order chi connectivity index (χ0) is 14.0. The van der Waals surface area contributed by atoms with Crippen molar-refractivity contribution < 1.29 is 14.4 Å². The van der Waals surface area contributed by atoms with Crippen LogP contribution in [0.15, 0.2) is 0 Å². The standard InChI is InChI=1S/C12H17N3O3S/c13-10(19)12(5-1-2-6-12)11(18)14-7-3-4-8(16)15-9(7)17/h7H,1-6H2,(H2,13,19)(H,14,18)(H,15,16,17). The summed E-state index contributed by atoms with van der Waals surface area (Å²) in [5, 5.41) is 4.89. The van der Waals surface area contributed by atoms with Crippen LogP contribution in [0.25, 0.3) is 0 Å².